The molecule has 0 aliphatic carbocycles. The monoisotopic (exact) mass is 368 g/mol. The first-order valence-electron chi connectivity index (χ1n) is 7.67. The summed E-state index contributed by atoms with van der Waals surface area (Å²) in [6, 6.07) is 23.0. The predicted molar refractivity (Wildman–Crippen MR) is 107 cm³/mol. The molecule has 3 aromatic carbocycles. The van der Waals surface area contributed by atoms with Crippen molar-refractivity contribution in [1.29, 1.82) is 0 Å². The lowest BCUT2D eigenvalue weighted by Crippen LogP contribution is -1.82. The van der Waals surface area contributed by atoms with Crippen LogP contribution in [0.3, 0.4) is 0 Å². The lowest BCUT2D eigenvalue weighted by atomic mass is 9.98. The van der Waals surface area contributed by atoms with Crippen LogP contribution in [0.2, 0.25) is 10.0 Å². The van der Waals surface area contributed by atoms with E-state index in [1.165, 1.54) is 31.7 Å². The van der Waals surface area contributed by atoms with Crippen LogP contribution in [0.1, 0.15) is 5.56 Å². The maximum absolute atomic E-state index is 6.27. The van der Waals surface area contributed by atoms with Gasteiger partial charge in [-0.15, -0.1) is 11.3 Å². The van der Waals surface area contributed by atoms with Gasteiger partial charge in [-0.05, 0) is 36.2 Å². The van der Waals surface area contributed by atoms with E-state index < -0.39 is 0 Å². The second-order valence-corrected chi connectivity index (χ2v) is 7.66. The van der Waals surface area contributed by atoms with Crippen molar-refractivity contribution in [1.82, 2.24) is 0 Å². The summed E-state index contributed by atoms with van der Waals surface area (Å²) in [5.41, 5.74) is 4.80. The molecule has 24 heavy (non-hydrogen) atoms. The zero-order valence-electron chi connectivity index (χ0n) is 13.0. The second-order valence-electron chi connectivity index (χ2n) is 5.80. The maximum Gasteiger partial charge on any atom is 0.0598 e. The van der Waals surface area contributed by atoms with Crippen LogP contribution >= 0.6 is 34.5 Å². The number of thiophene rings is 1. The van der Waals surface area contributed by atoms with Crippen LogP contribution in [0.5, 0.6) is 0 Å². The standard InChI is InChI=1S/C21H14Cl2S/c1-13-6-8-14(9-7-13)21-20(15-10-11-17(22)18(23)12-15)16-4-2-3-5-19(16)24-21/h2-12H,1H3. The molecule has 0 spiro atoms. The van der Waals surface area contributed by atoms with Crippen molar-refractivity contribution < 1.29 is 0 Å². The number of fused-ring (bicyclic) bond motifs is 1. The predicted octanol–water partition coefficient (Wildman–Crippen LogP) is 7.85. The zero-order valence-corrected chi connectivity index (χ0v) is 15.3. The van der Waals surface area contributed by atoms with Crippen molar-refractivity contribution in [3.8, 4) is 21.6 Å². The van der Waals surface area contributed by atoms with Crippen molar-refractivity contribution in [3.63, 3.8) is 0 Å². The molecule has 0 radical (unpaired) electrons. The first-order valence-corrected chi connectivity index (χ1v) is 9.25. The summed E-state index contributed by atoms with van der Waals surface area (Å²) in [5, 5.41) is 2.41. The Balaban J connectivity index is 2.03. The molecule has 0 atom stereocenters. The molecule has 3 heteroatoms. The third-order valence-corrected chi connectivity index (χ3v) is 6.08. The van der Waals surface area contributed by atoms with Crippen LogP contribution in [-0.4, -0.2) is 0 Å². The van der Waals surface area contributed by atoms with Gasteiger partial charge in [-0.1, -0.05) is 77.3 Å². The van der Waals surface area contributed by atoms with Crippen molar-refractivity contribution in [2.45, 2.75) is 6.92 Å². The van der Waals surface area contributed by atoms with Crippen LogP contribution in [0.15, 0.2) is 66.7 Å². The number of halogens is 2. The van der Waals surface area contributed by atoms with Gasteiger partial charge in [0.05, 0.1) is 10.0 Å². The molecule has 4 aromatic rings. The van der Waals surface area contributed by atoms with Crippen molar-refractivity contribution >= 4 is 44.6 Å². The highest BCUT2D eigenvalue weighted by Gasteiger charge is 2.16. The van der Waals surface area contributed by atoms with Gasteiger partial charge >= 0.3 is 0 Å². The first kappa shape index (κ1) is 15.7. The molecule has 4 rings (SSSR count). The van der Waals surface area contributed by atoms with Gasteiger partial charge in [0.15, 0.2) is 0 Å². The van der Waals surface area contributed by atoms with Gasteiger partial charge in [-0.3, -0.25) is 0 Å². The van der Waals surface area contributed by atoms with E-state index in [4.69, 9.17) is 23.2 Å². The lowest BCUT2D eigenvalue weighted by Gasteiger charge is -2.07. The molecule has 0 saturated carbocycles. The minimum Gasteiger partial charge on any atom is -0.135 e. The van der Waals surface area contributed by atoms with E-state index in [0.29, 0.717) is 10.0 Å². The SMILES string of the molecule is Cc1ccc(-c2sc3ccccc3c2-c2ccc(Cl)c(Cl)c2)cc1. The Kier molecular flexibility index (Phi) is 4.09. The van der Waals surface area contributed by atoms with Crippen molar-refractivity contribution in [3.05, 3.63) is 82.3 Å². The summed E-state index contributed by atoms with van der Waals surface area (Å²) in [4.78, 5) is 1.26. The molecule has 0 unspecified atom stereocenters. The van der Waals surface area contributed by atoms with E-state index in [9.17, 15) is 0 Å². The minimum absolute atomic E-state index is 0.580. The second kappa shape index (κ2) is 6.25. The van der Waals surface area contributed by atoms with Crippen molar-refractivity contribution in [2.75, 3.05) is 0 Å². The number of aryl methyl sites for hydroxylation is 1. The third-order valence-electron chi connectivity index (χ3n) is 4.12. The smallest absolute Gasteiger partial charge is 0.0598 e. The molecule has 0 amide bonds. The van der Waals surface area contributed by atoms with Crippen LogP contribution in [0.25, 0.3) is 31.7 Å². The Morgan fingerprint density at radius 2 is 1.46 bits per heavy atom. The summed E-state index contributed by atoms with van der Waals surface area (Å²) in [6.07, 6.45) is 0. The van der Waals surface area contributed by atoms with Gasteiger partial charge < -0.3 is 0 Å². The summed E-state index contributed by atoms with van der Waals surface area (Å²) >= 11 is 14.2. The molecule has 0 bridgehead atoms. The Labute approximate surface area is 155 Å². The van der Waals surface area contributed by atoms with Gasteiger partial charge in [-0.25, -0.2) is 0 Å². The maximum atomic E-state index is 6.27. The molecule has 0 aliphatic heterocycles. The zero-order chi connectivity index (χ0) is 16.7. The van der Waals surface area contributed by atoms with Crippen LogP contribution < -0.4 is 0 Å². The number of rotatable bonds is 2. The Morgan fingerprint density at radius 3 is 2.21 bits per heavy atom. The molecule has 0 aliphatic rings. The topological polar surface area (TPSA) is 0 Å². The minimum atomic E-state index is 0.580. The quantitative estimate of drug-likeness (QED) is 0.337. The van der Waals surface area contributed by atoms with Gasteiger partial charge in [0.2, 0.25) is 0 Å². The van der Waals surface area contributed by atoms with E-state index in [0.717, 1.165) is 5.56 Å². The van der Waals surface area contributed by atoms with Crippen molar-refractivity contribution in [2.24, 2.45) is 0 Å². The van der Waals surface area contributed by atoms with E-state index in [1.54, 1.807) is 0 Å². The Bertz CT molecular complexity index is 1030. The third kappa shape index (κ3) is 2.73. The number of benzene rings is 3. The fraction of sp³-hybridized carbons (Fsp3) is 0.0476. The Hall–Kier alpha value is -1.80. The fourth-order valence-electron chi connectivity index (χ4n) is 2.89. The van der Waals surface area contributed by atoms with Gasteiger partial charge in [0, 0.05) is 20.5 Å². The highest BCUT2D eigenvalue weighted by atomic mass is 35.5. The largest absolute Gasteiger partial charge is 0.135 e. The van der Waals surface area contributed by atoms with Crippen LogP contribution in [0.4, 0.5) is 0 Å². The molecule has 0 N–H and O–H groups in total. The summed E-state index contributed by atoms with van der Waals surface area (Å²) < 4.78 is 1.27. The average Bonchev–Trinajstić information content (AvgIpc) is 2.97. The van der Waals surface area contributed by atoms with E-state index in [2.05, 4.69) is 55.5 Å². The molecule has 0 nitrogen and oxygen atoms in total. The van der Waals surface area contributed by atoms with E-state index >= 15 is 0 Å². The summed E-state index contributed by atoms with van der Waals surface area (Å²) in [7, 11) is 0. The van der Waals surface area contributed by atoms with E-state index in [1.807, 2.05) is 29.5 Å². The van der Waals surface area contributed by atoms with Crippen LogP contribution in [0, 0.1) is 6.92 Å². The molecule has 0 fully saturated rings. The molecule has 1 aromatic heterocycles. The number of hydrogen-bond acceptors (Lipinski definition) is 1. The first-order chi connectivity index (χ1) is 11.6. The number of hydrogen-bond donors (Lipinski definition) is 0. The lowest BCUT2D eigenvalue weighted by molar-refractivity contribution is 1.48. The molecular weight excluding hydrogens is 355 g/mol. The molecule has 1 heterocycles. The van der Waals surface area contributed by atoms with E-state index in [-0.39, 0.29) is 0 Å². The van der Waals surface area contributed by atoms with Crippen LogP contribution in [-0.2, 0) is 0 Å². The van der Waals surface area contributed by atoms with Gasteiger partial charge in [0.25, 0.3) is 0 Å². The highest BCUT2D eigenvalue weighted by Crippen LogP contribution is 2.45. The molecular formula is C21H14Cl2S. The average molecular weight is 369 g/mol. The normalized spacial score (nSPS) is 11.1. The fourth-order valence-corrected chi connectivity index (χ4v) is 4.42. The molecule has 0 saturated heterocycles. The van der Waals surface area contributed by atoms with Gasteiger partial charge in [-0.2, -0.15) is 0 Å². The summed E-state index contributed by atoms with van der Waals surface area (Å²) in [6.45, 7) is 2.11. The Morgan fingerprint density at radius 1 is 0.750 bits per heavy atom. The summed E-state index contributed by atoms with van der Waals surface area (Å²) in [5.74, 6) is 0. The highest BCUT2D eigenvalue weighted by molar-refractivity contribution is 7.23. The molecule has 118 valence electrons. The van der Waals surface area contributed by atoms with Gasteiger partial charge in [0.1, 0.15) is 0 Å².